The Kier molecular flexibility index (Phi) is 6.84. The molecule has 0 spiro atoms. The van der Waals surface area contributed by atoms with Crippen molar-refractivity contribution in [3.05, 3.63) is 48.4 Å². The molecule has 8 nitrogen and oxygen atoms in total. The molecule has 1 aliphatic heterocycles. The van der Waals surface area contributed by atoms with Crippen LogP contribution in [0.1, 0.15) is 32.3 Å². The molecule has 2 aromatic rings. The van der Waals surface area contributed by atoms with Gasteiger partial charge in [0.25, 0.3) is 0 Å². The number of carbonyl (C=O) groups excluding carboxylic acids is 2. The van der Waals surface area contributed by atoms with Crippen LogP contribution >= 0.6 is 11.8 Å². The van der Waals surface area contributed by atoms with E-state index in [1.807, 2.05) is 31.2 Å². The number of benzene rings is 1. The van der Waals surface area contributed by atoms with Gasteiger partial charge in [-0.2, -0.15) is 0 Å². The molecule has 30 heavy (non-hydrogen) atoms. The van der Waals surface area contributed by atoms with Crippen LogP contribution in [0.3, 0.4) is 0 Å². The number of anilines is 1. The Morgan fingerprint density at radius 3 is 2.83 bits per heavy atom. The largest absolute Gasteiger partial charge is 0.390 e. The molecule has 158 valence electrons. The fraction of sp³-hybridized carbons (Fsp3) is 0.381. The molecule has 1 fully saturated rings. The second kappa shape index (κ2) is 9.36. The highest BCUT2D eigenvalue weighted by Crippen LogP contribution is 2.32. The molecule has 1 unspecified atom stereocenters. The SMILES string of the molecule is Cc1cccc(N=C2SC(CC(=O)Nc3cnccn3)C(=O)N2CCC(C)(C)O)c1. The molecule has 1 aromatic heterocycles. The quantitative estimate of drug-likeness (QED) is 0.703. The smallest absolute Gasteiger partial charge is 0.242 e. The third-order valence-electron chi connectivity index (χ3n) is 4.40. The van der Waals surface area contributed by atoms with Gasteiger partial charge in [-0.15, -0.1) is 0 Å². The molecule has 1 saturated heterocycles. The van der Waals surface area contributed by atoms with Crippen LogP contribution in [0, 0.1) is 6.92 Å². The summed E-state index contributed by atoms with van der Waals surface area (Å²) in [5.74, 6) is -0.170. The number of carbonyl (C=O) groups is 2. The first-order chi connectivity index (χ1) is 14.2. The number of amides is 2. The molecule has 9 heteroatoms. The maximum Gasteiger partial charge on any atom is 0.242 e. The topological polar surface area (TPSA) is 108 Å². The van der Waals surface area contributed by atoms with E-state index in [2.05, 4.69) is 20.3 Å². The minimum Gasteiger partial charge on any atom is -0.390 e. The predicted octanol–water partition coefficient (Wildman–Crippen LogP) is 2.91. The van der Waals surface area contributed by atoms with Gasteiger partial charge < -0.3 is 10.4 Å². The normalized spacial score (nSPS) is 18.1. The predicted molar refractivity (Wildman–Crippen MR) is 118 cm³/mol. The number of thioether (sulfide) groups is 1. The number of amidine groups is 1. The van der Waals surface area contributed by atoms with Crippen molar-refractivity contribution in [2.75, 3.05) is 11.9 Å². The van der Waals surface area contributed by atoms with Crippen molar-refractivity contribution in [3.8, 4) is 0 Å². The monoisotopic (exact) mass is 427 g/mol. The highest BCUT2D eigenvalue weighted by Gasteiger charge is 2.39. The van der Waals surface area contributed by atoms with Crippen LogP contribution in [0.4, 0.5) is 11.5 Å². The maximum absolute atomic E-state index is 13.0. The number of hydrogen-bond acceptors (Lipinski definition) is 7. The van der Waals surface area contributed by atoms with Crippen LogP contribution in [0.2, 0.25) is 0 Å². The summed E-state index contributed by atoms with van der Waals surface area (Å²) in [5.41, 5.74) is 0.887. The first-order valence-electron chi connectivity index (χ1n) is 9.63. The van der Waals surface area contributed by atoms with Gasteiger partial charge in [0.2, 0.25) is 11.8 Å². The molecular formula is C21H25N5O3S. The standard InChI is InChI=1S/C21H25N5O3S/c1-14-5-4-6-15(11-14)24-20-26(10-7-21(2,3)29)19(28)16(30-20)12-18(27)25-17-13-22-8-9-23-17/h4-6,8-9,11,13,16,29H,7,10,12H2,1-3H3,(H,23,25,27). The number of rotatable bonds is 7. The summed E-state index contributed by atoms with van der Waals surface area (Å²) in [7, 11) is 0. The van der Waals surface area contributed by atoms with Gasteiger partial charge in [0.15, 0.2) is 11.0 Å². The lowest BCUT2D eigenvalue weighted by molar-refractivity contribution is -0.128. The second-order valence-corrected chi connectivity index (χ2v) is 8.91. The number of aryl methyl sites for hydroxylation is 1. The van der Waals surface area contributed by atoms with Crippen LogP contribution in [0.5, 0.6) is 0 Å². The van der Waals surface area contributed by atoms with Crippen molar-refractivity contribution >= 4 is 40.2 Å². The Morgan fingerprint density at radius 1 is 1.37 bits per heavy atom. The van der Waals surface area contributed by atoms with Gasteiger partial charge in [-0.25, -0.2) is 9.98 Å². The van der Waals surface area contributed by atoms with Crippen LogP contribution < -0.4 is 5.32 Å². The minimum atomic E-state index is -0.916. The fourth-order valence-electron chi connectivity index (χ4n) is 2.85. The summed E-state index contributed by atoms with van der Waals surface area (Å²) in [4.78, 5) is 39.5. The van der Waals surface area contributed by atoms with Gasteiger partial charge in [0.05, 0.1) is 17.5 Å². The number of nitrogens with zero attached hydrogens (tertiary/aromatic N) is 4. The summed E-state index contributed by atoms with van der Waals surface area (Å²) in [5, 5.41) is 12.7. The maximum atomic E-state index is 13.0. The van der Waals surface area contributed by atoms with E-state index in [-0.39, 0.29) is 18.2 Å². The third kappa shape index (κ3) is 6.11. The molecule has 1 atom stereocenters. The summed E-state index contributed by atoms with van der Waals surface area (Å²) in [6.45, 7) is 5.69. The lowest BCUT2D eigenvalue weighted by atomic mass is 10.1. The van der Waals surface area contributed by atoms with E-state index in [0.29, 0.717) is 24.0 Å². The average Bonchev–Trinajstić information content (AvgIpc) is 2.94. The first kappa shape index (κ1) is 21.9. The van der Waals surface area contributed by atoms with E-state index in [1.54, 1.807) is 18.7 Å². The zero-order valence-corrected chi connectivity index (χ0v) is 18.0. The van der Waals surface area contributed by atoms with Crippen molar-refractivity contribution in [1.82, 2.24) is 14.9 Å². The molecule has 1 aromatic carbocycles. The highest BCUT2D eigenvalue weighted by molar-refractivity contribution is 8.15. The molecule has 0 bridgehead atoms. The van der Waals surface area contributed by atoms with Gasteiger partial charge >= 0.3 is 0 Å². The van der Waals surface area contributed by atoms with E-state index in [9.17, 15) is 14.7 Å². The Morgan fingerprint density at radius 2 is 2.17 bits per heavy atom. The summed E-state index contributed by atoms with van der Waals surface area (Å²) in [6.07, 6.45) is 4.83. The van der Waals surface area contributed by atoms with Crippen LogP contribution in [-0.2, 0) is 9.59 Å². The van der Waals surface area contributed by atoms with Crippen LogP contribution in [0.25, 0.3) is 0 Å². The van der Waals surface area contributed by atoms with Gasteiger partial charge in [0.1, 0.15) is 5.25 Å². The molecule has 3 rings (SSSR count). The summed E-state index contributed by atoms with van der Waals surface area (Å²) >= 11 is 1.26. The number of aromatic nitrogens is 2. The molecule has 2 amide bonds. The Balaban J connectivity index is 1.76. The Labute approximate surface area is 179 Å². The Bertz CT molecular complexity index is 943. The van der Waals surface area contributed by atoms with Crippen molar-refractivity contribution in [1.29, 1.82) is 0 Å². The van der Waals surface area contributed by atoms with E-state index >= 15 is 0 Å². The molecule has 0 aliphatic carbocycles. The molecule has 2 heterocycles. The van der Waals surface area contributed by atoms with Gasteiger partial charge in [0, 0.05) is 25.4 Å². The molecule has 2 N–H and O–H groups in total. The average molecular weight is 428 g/mol. The van der Waals surface area contributed by atoms with Crippen molar-refractivity contribution < 1.29 is 14.7 Å². The van der Waals surface area contributed by atoms with E-state index < -0.39 is 10.9 Å². The van der Waals surface area contributed by atoms with Crippen molar-refractivity contribution in [3.63, 3.8) is 0 Å². The second-order valence-electron chi connectivity index (χ2n) is 7.74. The molecule has 0 radical (unpaired) electrons. The van der Waals surface area contributed by atoms with Gasteiger partial charge in [-0.1, -0.05) is 23.9 Å². The fourth-order valence-corrected chi connectivity index (χ4v) is 4.03. The molecular weight excluding hydrogens is 402 g/mol. The Hall–Kier alpha value is -2.78. The van der Waals surface area contributed by atoms with Crippen LogP contribution in [-0.4, -0.2) is 54.4 Å². The number of aliphatic imine (C=N–C) groups is 1. The highest BCUT2D eigenvalue weighted by atomic mass is 32.2. The van der Waals surface area contributed by atoms with E-state index in [4.69, 9.17) is 0 Å². The van der Waals surface area contributed by atoms with Crippen molar-refractivity contribution in [2.45, 2.75) is 44.5 Å². The summed E-state index contributed by atoms with van der Waals surface area (Å²) in [6, 6.07) is 7.68. The molecule has 1 aliphatic rings. The summed E-state index contributed by atoms with van der Waals surface area (Å²) < 4.78 is 0. The number of nitrogens with one attached hydrogen (secondary N) is 1. The minimum absolute atomic E-state index is 0.00801. The third-order valence-corrected chi connectivity index (χ3v) is 5.57. The number of hydrogen-bond donors (Lipinski definition) is 2. The lowest BCUT2D eigenvalue weighted by Gasteiger charge is -2.22. The zero-order valence-electron chi connectivity index (χ0n) is 17.2. The van der Waals surface area contributed by atoms with Gasteiger partial charge in [-0.05, 0) is 44.9 Å². The van der Waals surface area contributed by atoms with E-state index in [0.717, 1.165) is 11.3 Å². The van der Waals surface area contributed by atoms with Crippen molar-refractivity contribution in [2.24, 2.45) is 4.99 Å². The number of aliphatic hydroxyl groups is 1. The van der Waals surface area contributed by atoms with E-state index in [1.165, 1.54) is 30.4 Å². The molecule has 0 saturated carbocycles. The van der Waals surface area contributed by atoms with Gasteiger partial charge in [-0.3, -0.25) is 19.5 Å². The first-order valence-corrected chi connectivity index (χ1v) is 10.5. The van der Waals surface area contributed by atoms with Crippen LogP contribution in [0.15, 0.2) is 47.8 Å². The lowest BCUT2D eigenvalue weighted by Crippen LogP contribution is -2.37. The zero-order chi connectivity index (χ0) is 21.7.